The van der Waals surface area contributed by atoms with E-state index in [9.17, 15) is 9.50 Å². The van der Waals surface area contributed by atoms with Crippen LogP contribution in [0.1, 0.15) is 18.6 Å². The molecule has 0 saturated heterocycles. The Morgan fingerprint density at radius 3 is 2.59 bits per heavy atom. The van der Waals surface area contributed by atoms with Crippen molar-refractivity contribution in [2.24, 2.45) is 0 Å². The number of hydrogen-bond acceptors (Lipinski definition) is 3. The van der Waals surface area contributed by atoms with Gasteiger partial charge in [0.25, 0.3) is 0 Å². The van der Waals surface area contributed by atoms with Crippen LogP contribution in [-0.4, -0.2) is 10.1 Å². The number of aromatic nitrogens is 1. The van der Waals surface area contributed by atoms with Crippen LogP contribution in [0.5, 0.6) is 0 Å². The number of hydrogen-bond donors (Lipinski definition) is 1. The Hall–Kier alpha value is -1.39. The van der Waals surface area contributed by atoms with Gasteiger partial charge in [0, 0.05) is 11.1 Å². The van der Waals surface area contributed by atoms with Gasteiger partial charge in [-0.05, 0) is 48.9 Å². The quantitative estimate of drug-likeness (QED) is 0.904. The van der Waals surface area contributed by atoms with Crippen LogP contribution in [-0.2, 0) is 0 Å². The first-order valence-electron chi connectivity index (χ1n) is 5.22. The van der Waals surface area contributed by atoms with Crippen LogP contribution in [0.4, 0.5) is 4.39 Å². The molecule has 4 heteroatoms. The Labute approximate surface area is 104 Å². The number of halogens is 1. The van der Waals surface area contributed by atoms with Gasteiger partial charge in [0.1, 0.15) is 10.8 Å². The van der Waals surface area contributed by atoms with Crippen LogP contribution in [0, 0.1) is 5.82 Å². The summed E-state index contributed by atoms with van der Waals surface area (Å²) in [6.45, 7) is 1.71. The van der Waals surface area contributed by atoms with Gasteiger partial charge in [-0.15, -0.1) is 0 Å². The third-order valence-electron chi connectivity index (χ3n) is 2.28. The van der Waals surface area contributed by atoms with Crippen molar-refractivity contribution in [1.29, 1.82) is 0 Å². The van der Waals surface area contributed by atoms with Gasteiger partial charge in [0.2, 0.25) is 0 Å². The molecular formula is C13H12FNOS. The zero-order chi connectivity index (χ0) is 12.3. The van der Waals surface area contributed by atoms with Crippen molar-refractivity contribution in [3.63, 3.8) is 0 Å². The van der Waals surface area contributed by atoms with Crippen LogP contribution in [0.3, 0.4) is 0 Å². The second kappa shape index (κ2) is 5.29. The maximum atomic E-state index is 12.7. The first-order valence-corrected chi connectivity index (χ1v) is 6.04. The summed E-state index contributed by atoms with van der Waals surface area (Å²) in [5, 5.41) is 10.3. The first kappa shape index (κ1) is 12.1. The molecule has 88 valence electrons. The second-order valence-electron chi connectivity index (χ2n) is 3.66. The van der Waals surface area contributed by atoms with E-state index < -0.39 is 6.10 Å². The summed E-state index contributed by atoms with van der Waals surface area (Å²) in [6.07, 6.45) is 1.15. The van der Waals surface area contributed by atoms with Crippen molar-refractivity contribution in [1.82, 2.24) is 4.98 Å². The smallest absolute Gasteiger partial charge is 0.123 e. The highest BCUT2D eigenvalue weighted by molar-refractivity contribution is 7.99. The molecule has 0 bridgehead atoms. The number of aliphatic hydroxyl groups is 1. The number of pyridine rings is 1. The lowest BCUT2D eigenvalue weighted by atomic mass is 10.2. The Morgan fingerprint density at radius 2 is 1.94 bits per heavy atom. The van der Waals surface area contributed by atoms with E-state index in [1.165, 1.54) is 23.9 Å². The summed E-state index contributed by atoms with van der Waals surface area (Å²) < 4.78 is 12.7. The minimum atomic E-state index is -0.509. The normalized spacial score (nSPS) is 12.4. The van der Waals surface area contributed by atoms with Crippen molar-refractivity contribution in [3.05, 3.63) is 54.0 Å². The van der Waals surface area contributed by atoms with Crippen molar-refractivity contribution in [2.45, 2.75) is 22.9 Å². The molecule has 1 aromatic heterocycles. The van der Waals surface area contributed by atoms with Crippen LogP contribution in [0.2, 0.25) is 0 Å². The van der Waals surface area contributed by atoms with E-state index in [0.717, 1.165) is 15.5 Å². The molecule has 0 aliphatic heterocycles. The molecule has 1 N–H and O–H groups in total. The van der Waals surface area contributed by atoms with E-state index in [2.05, 4.69) is 4.98 Å². The minimum absolute atomic E-state index is 0.250. The first-order chi connectivity index (χ1) is 8.15. The lowest BCUT2D eigenvalue weighted by molar-refractivity contribution is 0.199. The van der Waals surface area contributed by atoms with Gasteiger partial charge >= 0.3 is 0 Å². The van der Waals surface area contributed by atoms with Crippen LogP contribution >= 0.6 is 11.8 Å². The molecule has 0 fully saturated rings. The fourth-order valence-electron chi connectivity index (χ4n) is 1.36. The predicted octanol–water partition coefficient (Wildman–Crippen LogP) is 3.43. The molecule has 0 spiro atoms. The topological polar surface area (TPSA) is 33.1 Å². The summed E-state index contributed by atoms with van der Waals surface area (Å²) >= 11 is 1.44. The standard InChI is InChI=1S/C13H12FNOS/c1-9(16)10-6-7-15-13(8-10)17-12-4-2-11(14)3-5-12/h2-9,16H,1H3/t9-/m0/s1. The predicted molar refractivity (Wildman–Crippen MR) is 65.4 cm³/mol. The van der Waals surface area contributed by atoms with E-state index in [0.29, 0.717) is 0 Å². The average Bonchev–Trinajstić information content (AvgIpc) is 2.32. The largest absolute Gasteiger partial charge is 0.389 e. The van der Waals surface area contributed by atoms with E-state index in [1.54, 1.807) is 31.3 Å². The highest BCUT2D eigenvalue weighted by Crippen LogP contribution is 2.27. The minimum Gasteiger partial charge on any atom is -0.389 e. The summed E-state index contributed by atoms with van der Waals surface area (Å²) in [7, 11) is 0. The summed E-state index contributed by atoms with van der Waals surface area (Å²) in [6, 6.07) is 9.85. The van der Waals surface area contributed by atoms with E-state index in [-0.39, 0.29) is 5.82 Å². The van der Waals surface area contributed by atoms with Gasteiger partial charge in [0.05, 0.1) is 6.10 Å². The summed E-state index contributed by atoms with van der Waals surface area (Å²) in [5.41, 5.74) is 0.824. The van der Waals surface area contributed by atoms with Gasteiger partial charge in [0.15, 0.2) is 0 Å². The number of benzene rings is 1. The third kappa shape index (κ3) is 3.28. The molecular weight excluding hydrogens is 237 g/mol. The van der Waals surface area contributed by atoms with Crippen molar-refractivity contribution in [3.8, 4) is 0 Å². The molecule has 0 unspecified atom stereocenters. The van der Waals surface area contributed by atoms with E-state index in [4.69, 9.17) is 0 Å². The number of nitrogens with zero attached hydrogens (tertiary/aromatic N) is 1. The average molecular weight is 249 g/mol. The van der Waals surface area contributed by atoms with Crippen molar-refractivity contribution >= 4 is 11.8 Å². The molecule has 17 heavy (non-hydrogen) atoms. The molecule has 0 aliphatic carbocycles. The molecule has 2 nitrogen and oxygen atoms in total. The number of rotatable bonds is 3. The van der Waals surface area contributed by atoms with Gasteiger partial charge in [-0.3, -0.25) is 0 Å². The molecule has 1 atom stereocenters. The van der Waals surface area contributed by atoms with Gasteiger partial charge < -0.3 is 5.11 Å². The maximum absolute atomic E-state index is 12.7. The lowest BCUT2D eigenvalue weighted by Crippen LogP contribution is -1.92. The Bertz CT molecular complexity index is 499. The molecule has 1 aromatic carbocycles. The molecule has 0 radical (unpaired) electrons. The fourth-order valence-corrected chi connectivity index (χ4v) is 2.19. The molecule has 0 aliphatic rings. The summed E-state index contributed by atoms with van der Waals surface area (Å²) in [4.78, 5) is 5.12. The van der Waals surface area contributed by atoms with E-state index in [1.807, 2.05) is 6.07 Å². The van der Waals surface area contributed by atoms with Crippen molar-refractivity contribution < 1.29 is 9.50 Å². The molecule has 2 rings (SSSR count). The third-order valence-corrected chi connectivity index (χ3v) is 3.22. The Balaban J connectivity index is 2.18. The van der Waals surface area contributed by atoms with Gasteiger partial charge in [-0.2, -0.15) is 0 Å². The highest BCUT2D eigenvalue weighted by atomic mass is 32.2. The van der Waals surface area contributed by atoms with Crippen LogP contribution in [0.25, 0.3) is 0 Å². The summed E-state index contributed by atoms with van der Waals surface area (Å²) in [5.74, 6) is -0.250. The maximum Gasteiger partial charge on any atom is 0.123 e. The molecule has 0 saturated carbocycles. The van der Waals surface area contributed by atoms with Crippen LogP contribution in [0.15, 0.2) is 52.5 Å². The van der Waals surface area contributed by atoms with Crippen molar-refractivity contribution in [2.75, 3.05) is 0 Å². The van der Waals surface area contributed by atoms with Crippen LogP contribution < -0.4 is 0 Å². The molecule has 2 aromatic rings. The van der Waals surface area contributed by atoms with Gasteiger partial charge in [-0.25, -0.2) is 9.37 Å². The van der Waals surface area contributed by atoms with Gasteiger partial charge in [-0.1, -0.05) is 11.8 Å². The lowest BCUT2D eigenvalue weighted by Gasteiger charge is -2.06. The second-order valence-corrected chi connectivity index (χ2v) is 4.75. The Kier molecular flexibility index (Phi) is 3.76. The number of aliphatic hydroxyl groups excluding tert-OH is 1. The molecule has 1 heterocycles. The molecule has 0 amide bonds. The highest BCUT2D eigenvalue weighted by Gasteiger charge is 2.04. The fraction of sp³-hybridized carbons (Fsp3) is 0.154. The zero-order valence-electron chi connectivity index (χ0n) is 9.30. The zero-order valence-corrected chi connectivity index (χ0v) is 10.1. The monoisotopic (exact) mass is 249 g/mol. The Morgan fingerprint density at radius 1 is 1.24 bits per heavy atom. The van der Waals surface area contributed by atoms with E-state index >= 15 is 0 Å². The SMILES string of the molecule is C[C@H](O)c1ccnc(Sc2ccc(F)cc2)c1.